The second-order valence-electron chi connectivity index (χ2n) is 5.16. The summed E-state index contributed by atoms with van der Waals surface area (Å²) >= 11 is 6.06. The zero-order valence-corrected chi connectivity index (χ0v) is 12.6. The number of rotatable bonds is 3. The number of hydrogen-bond acceptors (Lipinski definition) is 6. The van der Waals surface area contributed by atoms with Gasteiger partial charge in [0.2, 0.25) is 0 Å². The molecule has 0 spiro atoms. The maximum atomic E-state index is 6.06. The van der Waals surface area contributed by atoms with E-state index in [0.717, 1.165) is 18.4 Å². The zero-order chi connectivity index (χ0) is 15.1. The summed E-state index contributed by atoms with van der Waals surface area (Å²) in [5.41, 5.74) is 0.603. The monoisotopic (exact) mass is 320 g/mol. The number of furan rings is 1. The van der Waals surface area contributed by atoms with Crippen LogP contribution < -0.4 is 4.74 Å². The van der Waals surface area contributed by atoms with E-state index in [1.54, 1.807) is 19.2 Å². The Balaban J connectivity index is 1.74. The van der Waals surface area contributed by atoms with E-state index in [9.17, 15) is 0 Å². The molecule has 3 aromatic rings. The summed E-state index contributed by atoms with van der Waals surface area (Å²) in [5, 5.41) is 5.42. The lowest BCUT2D eigenvalue weighted by Crippen LogP contribution is -1.99. The van der Waals surface area contributed by atoms with Gasteiger partial charge in [-0.3, -0.25) is 0 Å². The van der Waals surface area contributed by atoms with Crippen LogP contribution in [-0.4, -0.2) is 30.5 Å². The summed E-state index contributed by atoms with van der Waals surface area (Å²) in [7, 11) is 1.57. The van der Waals surface area contributed by atoms with E-state index < -0.39 is 0 Å². The highest BCUT2D eigenvalue weighted by Gasteiger charge is 2.24. The van der Waals surface area contributed by atoms with Gasteiger partial charge in [-0.1, -0.05) is 16.8 Å². The van der Waals surface area contributed by atoms with Crippen molar-refractivity contribution in [2.24, 2.45) is 0 Å². The number of halogens is 1. The minimum absolute atomic E-state index is 0.186. The Kier molecular flexibility index (Phi) is 3.28. The summed E-state index contributed by atoms with van der Waals surface area (Å²) in [6.45, 7) is 1.36. The summed E-state index contributed by atoms with van der Waals surface area (Å²) < 4.78 is 21.7. The Morgan fingerprint density at radius 1 is 1.32 bits per heavy atom. The Labute approximate surface area is 130 Å². The fraction of sp³-hybridized carbons (Fsp3) is 0.333. The molecule has 2 aromatic heterocycles. The van der Waals surface area contributed by atoms with Crippen LogP contribution >= 0.6 is 11.6 Å². The Morgan fingerprint density at radius 3 is 3.00 bits per heavy atom. The topological polar surface area (TPSA) is 70.5 Å². The molecule has 0 unspecified atom stereocenters. The second-order valence-corrected chi connectivity index (χ2v) is 5.59. The number of fused-ring (bicyclic) bond motifs is 1. The number of nitrogens with zero attached hydrogens (tertiary/aromatic N) is 2. The molecule has 0 saturated carbocycles. The fourth-order valence-corrected chi connectivity index (χ4v) is 2.80. The quantitative estimate of drug-likeness (QED) is 0.733. The average molecular weight is 321 g/mol. The first-order valence-electron chi connectivity index (χ1n) is 6.93. The van der Waals surface area contributed by atoms with Crippen LogP contribution in [0, 0.1) is 0 Å². The molecular formula is C15H13ClN2O4. The van der Waals surface area contributed by atoms with E-state index in [2.05, 4.69) is 10.1 Å². The van der Waals surface area contributed by atoms with Crippen molar-refractivity contribution in [1.29, 1.82) is 0 Å². The van der Waals surface area contributed by atoms with Crippen molar-refractivity contribution in [3.63, 3.8) is 0 Å². The largest absolute Gasteiger partial charge is 0.493 e. The molecular weight excluding hydrogens is 308 g/mol. The highest BCUT2D eigenvalue weighted by Crippen LogP contribution is 2.36. The van der Waals surface area contributed by atoms with Crippen molar-refractivity contribution in [2.45, 2.75) is 12.3 Å². The molecule has 3 heterocycles. The molecule has 22 heavy (non-hydrogen) atoms. The zero-order valence-electron chi connectivity index (χ0n) is 11.8. The van der Waals surface area contributed by atoms with Crippen molar-refractivity contribution >= 4 is 22.6 Å². The first-order chi connectivity index (χ1) is 10.7. The van der Waals surface area contributed by atoms with Gasteiger partial charge in [0.05, 0.1) is 13.7 Å². The van der Waals surface area contributed by atoms with Crippen LogP contribution in [0.2, 0.25) is 5.02 Å². The standard InChI is InChI=1S/C15H13ClN2O4/c1-19-11-6-10(16)4-9-5-12(21-13(9)11)15-17-14(18-22-15)8-2-3-20-7-8/h4-6,8H,2-3,7H2,1H3/t8-/m0/s1. The molecule has 6 nitrogen and oxygen atoms in total. The molecule has 4 rings (SSSR count). The van der Waals surface area contributed by atoms with Gasteiger partial charge in [-0.2, -0.15) is 4.98 Å². The Hall–Kier alpha value is -2.05. The maximum Gasteiger partial charge on any atom is 0.293 e. The van der Waals surface area contributed by atoms with E-state index in [0.29, 0.717) is 40.4 Å². The molecule has 7 heteroatoms. The van der Waals surface area contributed by atoms with Gasteiger partial charge in [0.25, 0.3) is 5.89 Å². The first kappa shape index (κ1) is 13.6. The van der Waals surface area contributed by atoms with Crippen LogP contribution in [0.25, 0.3) is 22.6 Å². The molecule has 114 valence electrons. The fourth-order valence-electron chi connectivity index (χ4n) is 2.58. The van der Waals surface area contributed by atoms with Crippen molar-refractivity contribution in [3.8, 4) is 17.4 Å². The normalized spacial score (nSPS) is 18.2. The van der Waals surface area contributed by atoms with Crippen LogP contribution in [-0.2, 0) is 4.74 Å². The average Bonchev–Trinajstić information content (AvgIpc) is 3.23. The molecule has 0 radical (unpaired) electrons. The molecule has 0 bridgehead atoms. The van der Waals surface area contributed by atoms with Gasteiger partial charge < -0.3 is 18.4 Å². The first-order valence-corrected chi connectivity index (χ1v) is 7.31. The number of aromatic nitrogens is 2. The summed E-state index contributed by atoms with van der Waals surface area (Å²) in [4.78, 5) is 4.41. The maximum absolute atomic E-state index is 6.06. The van der Waals surface area contributed by atoms with Crippen molar-refractivity contribution in [1.82, 2.24) is 10.1 Å². The SMILES string of the molecule is COc1cc(Cl)cc2cc(-c3nc([C@H]4CCOC4)no3)oc12. The van der Waals surface area contributed by atoms with Crippen LogP contribution in [0.15, 0.2) is 27.1 Å². The van der Waals surface area contributed by atoms with Gasteiger partial charge >= 0.3 is 0 Å². The lowest BCUT2D eigenvalue weighted by molar-refractivity contribution is 0.192. The van der Waals surface area contributed by atoms with Crippen LogP contribution in [0.4, 0.5) is 0 Å². The molecule has 1 aromatic carbocycles. The van der Waals surface area contributed by atoms with Crippen LogP contribution in [0.5, 0.6) is 5.75 Å². The minimum atomic E-state index is 0.186. The Morgan fingerprint density at radius 2 is 2.23 bits per heavy atom. The van der Waals surface area contributed by atoms with Crippen molar-refractivity contribution < 1.29 is 18.4 Å². The summed E-state index contributed by atoms with van der Waals surface area (Å²) in [6.07, 6.45) is 0.905. The van der Waals surface area contributed by atoms with E-state index in [-0.39, 0.29) is 5.92 Å². The predicted octanol–water partition coefficient (Wildman–Crippen LogP) is 3.65. The molecule has 0 aliphatic carbocycles. The molecule has 1 atom stereocenters. The van der Waals surface area contributed by atoms with Gasteiger partial charge in [0.15, 0.2) is 22.9 Å². The second kappa shape index (κ2) is 5.30. The van der Waals surface area contributed by atoms with E-state index in [1.807, 2.05) is 6.07 Å². The molecule has 1 fully saturated rings. The highest BCUT2D eigenvalue weighted by molar-refractivity contribution is 6.31. The predicted molar refractivity (Wildman–Crippen MR) is 79.2 cm³/mol. The lowest BCUT2D eigenvalue weighted by atomic mass is 10.1. The molecule has 1 aliphatic rings. The smallest absolute Gasteiger partial charge is 0.293 e. The highest BCUT2D eigenvalue weighted by atomic mass is 35.5. The van der Waals surface area contributed by atoms with Crippen LogP contribution in [0.1, 0.15) is 18.2 Å². The van der Waals surface area contributed by atoms with Gasteiger partial charge in [-0.15, -0.1) is 0 Å². The van der Waals surface area contributed by atoms with Gasteiger partial charge in [-0.05, 0) is 18.6 Å². The third-order valence-corrected chi connectivity index (χ3v) is 3.93. The van der Waals surface area contributed by atoms with E-state index >= 15 is 0 Å². The van der Waals surface area contributed by atoms with Gasteiger partial charge in [0.1, 0.15) is 0 Å². The van der Waals surface area contributed by atoms with Crippen molar-refractivity contribution in [2.75, 3.05) is 20.3 Å². The van der Waals surface area contributed by atoms with Gasteiger partial charge in [0, 0.05) is 29.0 Å². The molecule has 0 amide bonds. The number of ether oxygens (including phenoxy) is 2. The molecule has 0 N–H and O–H groups in total. The van der Waals surface area contributed by atoms with Gasteiger partial charge in [-0.25, -0.2) is 0 Å². The molecule has 1 saturated heterocycles. The summed E-state index contributed by atoms with van der Waals surface area (Å²) in [5.74, 6) is 2.24. The Bertz CT molecular complexity index is 820. The number of benzene rings is 1. The lowest BCUT2D eigenvalue weighted by Gasteiger charge is -2.00. The molecule has 1 aliphatic heterocycles. The number of methoxy groups -OCH3 is 1. The minimum Gasteiger partial charge on any atom is -0.493 e. The summed E-state index contributed by atoms with van der Waals surface area (Å²) in [6, 6.07) is 5.31. The van der Waals surface area contributed by atoms with E-state index in [1.165, 1.54) is 0 Å². The van der Waals surface area contributed by atoms with Crippen molar-refractivity contribution in [3.05, 3.63) is 29.0 Å². The van der Waals surface area contributed by atoms with E-state index in [4.69, 9.17) is 30.0 Å². The third kappa shape index (κ3) is 2.24. The number of hydrogen-bond donors (Lipinski definition) is 0. The third-order valence-electron chi connectivity index (χ3n) is 3.71. The van der Waals surface area contributed by atoms with Crippen LogP contribution in [0.3, 0.4) is 0 Å².